The van der Waals surface area contributed by atoms with Gasteiger partial charge in [-0.1, -0.05) is 55.8 Å². The summed E-state index contributed by atoms with van der Waals surface area (Å²) in [5, 5.41) is 9.55. The number of aliphatic hydroxyl groups is 1. The van der Waals surface area contributed by atoms with Crippen LogP contribution < -0.4 is 0 Å². The summed E-state index contributed by atoms with van der Waals surface area (Å²) in [4.78, 5) is 0. The van der Waals surface area contributed by atoms with Gasteiger partial charge in [-0.3, -0.25) is 0 Å². The van der Waals surface area contributed by atoms with Crippen LogP contribution in [0.1, 0.15) is 58.1 Å². The maximum Gasteiger partial charge on any atom is 0.0591 e. The summed E-state index contributed by atoms with van der Waals surface area (Å²) >= 11 is 0. The Morgan fingerprint density at radius 3 is 2.44 bits per heavy atom. The molecule has 1 aromatic carbocycles. The SMILES string of the molecule is CC.Cc1cccc(/C=C/CCCC(C)(C)O)c1. The Morgan fingerprint density at radius 1 is 1.22 bits per heavy atom. The van der Waals surface area contributed by atoms with Crippen LogP contribution in [0.4, 0.5) is 0 Å². The highest BCUT2D eigenvalue weighted by molar-refractivity contribution is 5.49. The van der Waals surface area contributed by atoms with Crippen molar-refractivity contribution in [2.45, 2.75) is 59.5 Å². The molecule has 18 heavy (non-hydrogen) atoms. The molecular formula is C17H28O. The van der Waals surface area contributed by atoms with Crippen LogP contribution >= 0.6 is 0 Å². The van der Waals surface area contributed by atoms with E-state index in [4.69, 9.17) is 0 Å². The zero-order valence-corrected chi connectivity index (χ0v) is 12.5. The number of rotatable bonds is 5. The number of hydrogen-bond acceptors (Lipinski definition) is 1. The fourth-order valence-electron chi connectivity index (χ4n) is 1.65. The zero-order chi connectivity index (χ0) is 14.0. The Labute approximate surface area is 113 Å². The molecule has 0 aliphatic carbocycles. The van der Waals surface area contributed by atoms with Gasteiger partial charge >= 0.3 is 0 Å². The molecular weight excluding hydrogens is 220 g/mol. The molecule has 0 aliphatic rings. The van der Waals surface area contributed by atoms with Crippen molar-refractivity contribution in [3.05, 3.63) is 41.5 Å². The number of allylic oxidation sites excluding steroid dienone is 1. The van der Waals surface area contributed by atoms with E-state index in [2.05, 4.69) is 43.3 Å². The van der Waals surface area contributed by atoms with E-state index in [0.717, 1.165) is 19.3 Å². The van der Waals surface area contributed by atoms with Gasteiger partial charge < -0.3 is 5.11 Å². The minimum absolute atomic E-state index is 0.531. The number of benzene rings is 1. The van der Waals surface area contributed by atoms with Gasteiger partial charge in [0.15, 0.2) is 0 Å². The van der Waals surface area contributed by atoms with E-state index in [1.807, 2.05) is 27.7 Å². The maximum absolute atomic E-state index is 9.55. The van der Waals surface area contributed by atoms with Gasteiger partial charge in [0.2, 0.25) is 0 Å². The zero-order valence-electron chi connectivity index (χ0n) is 12.5. The second-order valence-electron chi connectivity index (χ2n) is 5.02. The molecule has 1 heteroatoms. The van der Waals surface area contributed by atoms with Gasteiger partial charge in [0.1, 0.15) is 0 Å². The predicted molar refractivity (Wildman–Crippen MR) is 81.7 cm³/mol. The Balaban J connectivity index is 0.00000137. The molecule has 0 aliphatic heterocycles. The molecule has 0 atom stereocenters. The van der Waals surface area contributed by atoms with Gasteiger partial charge in [-0.15, -0.1) is 0 Å². The van der Waals surface area contributed by atoms with Crippen molar-refractivity contribution < 1.29 is 5.11 Å². The van der Waals surface area contributed by atoms with Crippen LogP contribution in [0.5, 0.6) is 0 Å². The summed E-state index contributed by atoms with van der Waals surface area (Å²) in [6, 6.07) is 8.46. The topological polar surface area (TPSA) is 20.2 Å². The van der Waals surface area contributed by atoms with Gasteiger partial charge in [0, 0.05) is 0 Å². The van der Waals surface area contributed by atoms with E-state index >= 15 is 0 Å². The van der Waals surface area contributed by atoms with E-state index < -0.39 is 5.60 Å². The van der Waals surface area contributed by atoms with Gasteiger partial charge in [-0.2, -0.15) is 0 Å². The van der Waals surface area contributed by atoms with Crippen LogP contribution in [0.25, 0.3) is 6.08 Å². The Hall–Kier alpha value is -1.08. The minimum Gasteiger partial charge on any atom is -0.390 e. The quantitative estimate of drug-likeness (QED) is 0.729. The lowest BCUT2D eigenvalue weighted by Gasteiger charge is -2.15. The fraction of sp³-hybridized carbons (Fsp3) is 0.529. The maximum atomic E-state index is 9.55. The van der Waals surface area contributed by atoms with Crippen molar-refractivity contribution in [1.29, 1.82) is 0 Å². The Morgan fingerprint density at radius 2 is 1.89 bits per heavy atom. The summed E-state index contributed by atoms with van der Waals surface area (Å²) in [6.45, 7) is 9.82. The second kappa shape index (κ2) is 8.93. The smallest absolute Gasteiger partial charge is 0.0591 e. The minimum atomic E-state index is -0.531. The molecule has 1 N–H and O–H groups in total. The molecule has 1 nitrogen and oxygen atoms in total. The summed E-state index contributed by atoms with van der Waals surface area (Å²) < 4.78 is 0. The average Bonchev–Trinajstić information content (AvgIpc) is 2.30. The number of unbranched alkanes of at least 4 members (excludes halogenated alkanes) is 1. The van der Waals surface area contributed by atoms with Crippen molar-refractivity contribution >= 4 is 6.08 Å². The lowest BCUT2D eigenvalue weighted by Crippen LogP contribution is -2.17. The highest BCUT2D eigenvalue weighted by Crippen LogP contribution is 2.13. The van der Waals surface area contributed by atoms with Gasteiger partial charge in [-0.25, -0.2) is 0 Å². The third-order valence-corrected chi connectivity index (χ3v) is 2.51. The van der Waals surface area contributed by atoms with Crippen molar-refractivity contribution in [2.24, 2.45) is 0 Å². The third kappa shape index (κ3) is 9.00. The predicted octanol–water partition coefficient (Wildman–Crippen LogP) is 4.98. The summed E-state index contributed by atoms with van der Waals surface area (Å²) in [5.74, 6) is 0. The highest BCUT2D eigenvalue weighted by Gasteiger charge is 2.10. The van der Waals surface area contributed by atoms with E-state index in [1.54, 1.807) is 0 Å². The first kappa shape index (κ1) is 16.9. The molecule has 0 bridgehead atoms. The van der Waals surface area contributed by atoms with Crippen LogP contribution in [0.15, 0.2) is 30.3 Å². The van der Waals surface area contributed by atoms with Crippen molar-refractivity contribution in [3.63, 3.8) is 0 Å². The molecule has 1 aromatic rings. The normalized spacial score (nSPS) is 11.2. The summed E-state index contributed by atoms with van der Waals surface area (Å²) in [7, 11) is 0. The van der Waals surface area contributed by atoms with Crippen LogP contribution in [-0.4, -0.2) is 10.7 Å². The number of hydrogen-bond donors (Lipinski definition) is 1. The fourth-order valence-corrected chi connectivity index (χ4v) is 1.65. The van der Waals surface area contributed by atoms with E-state index in [9.17, 15) is 5.11 Å². The lowest BCUT2D eigenvalue weighted by atomic mass is 10.0. The van der Waals surface area contributed by atoms with E-state index in [-0.39, 0.29) is 0 Å². The first-order valence-corrected chi connectivity index (χ1v) is 6.93. The molecule has 0 saturated carbocycles. The largest absolute Gasteiger partial charge is 0.390 e. The van der Waals surface area contributed by atoms with Crippen molar-refractivity contribution in [1.82, 2.24) is 0 Å². The lowest BCUT2D eigenvalue weighted by molar-refractivity contribution is 0.0691. The molecule has 0 unspecified atom stereocenters. The average molecular weight is 248 g/mol. The van der Waals surface area contributed by atoms with Gasteiger partial charge in [0.25, 0.3) is 0 Å². The molecule has 0 fully saturated rings. The molecule has 0 spiro atoms. The first-order chi connectivity index (χ1) is 8.47. The molecule has 0 amide bonds. The number of aryl methyl sites for hydroxylation is 1. The monoisotopic (exact) mass is 248 g/mol. The van der Waals surface area contributed by atoms with E-state index in [0.29, 0.717) is 0 Å². The summed E-state index contributed by atoms with van der Waals surface area (Å²) in [5.41, 5.74) is 2.01. The second-order valence-corrected chi connectivity index (χ2v) is 5.02. The van der Waals surface area contributed by atoms with Crippen molar-refractivity contribution in [2.75, 3.05) is 0 Å². The van der Waals surface area contributed by atoms with Gasteiger partial charge in [-0.05, 0) is 45.6 Å². The van der Waals surface area contributed by atoms with Crippen LogP contribution in [0, 0.1) is 6.92 Å². The standard InChI is InChI=1S/C15H22O.C2H6/c1-13-8-7-10-14(12-13)9-5-4-6-11-15(2,3)16;1-2/h5,7-10,12,16H,4,6,11H2,1-3H3;1-2H3/b9-5+;. The highest BCUT2D eigenvalue weighted by atomic mass is 16.3. The van der Waals surface area contributed by atoms with Crippen LogP contribution in [-0.2, 0) is 0 Å². The molecule has 102 valence electrons. The Kier molecular flexibility index (Phi) is 8.40. The van der Waals surface area contributed by atoms with Crippen LogP contribution in [0.3, 0.4) is 0 Å². The summed E-state index contributed by atoms with van der Waals surface area (Å²) in [6.07, 6.45) is 7.24. The molecule has 1 rings (SSSR count). The first-order valence-electron chi connectivity index (χ1n) is 6.93. The van der Waals surface area contributed by atoms with E-state index in [1.165, 1.54) is 11.1 Å². The molecule has 0 saturated heterocycles. The van der Waals surface area contributed by atoms with Crippen LogP contribution in [0.2, 0.25) is 0 Å². The molecule has 0 aromatic heterocycles. The molecule has 0 radical (unpaired) electrons. The third-order valence-electron chi connectivity index (χ3n) is 2.51. The van der Waals surface area contributed by atoms with Gasteiger partial charge in [0.05, 0.1) is 5.60 Å². The molecule has 0 heterocycles. The Bertz CT molecular complexity index is 345. The van der Waals surface area contributed by atoms with Crippen molar-refractivity contribution in [3.8, 4) is 0 Å².